The van der Waals surface area contributed by atoms with Gasteiger partial charge in [-0.1, -0.05) is 6.42 Å². The molecule has 0 unspecified atom stereocenters. The van der Waals surface area contributed by atoms with Gasteiger partial charge in [0.25, 0.3) is 5.69 Å². The van der Waals surface area contributed by atoms with Crippen molar-refractivity contribution in [1.82, 2.24) is 0 Å². The topological polar surface area (TPSA) is 160 Å². The van der Waals surface area contributed by atoms with E-state index in [0.717, 1.165) is 25.3 Å². The number of nitrogens with zero attached hydrogens (tertiary/aromatic N) is 4. The SMILES string of the molecule is NC1=NC2(CCCCC2)N(c2c(Br)cc(C(=O)O)cc2[N+](=O)[O-])C(N)=N1. The number of rotatable bonds is 3. The molecule has 0 amide bonds. The maximum absolute atomic E-state index is 11.7. The Morgan fingerprint density at radius 3 is 2.54 bits per heavy atom. The molecular formula is C15H17BrN6O4. The van der Waals surface area contributed by atoms with Gasteiger partial charge in [0.1, 0.15) is 11.4 Å². The Bertz CT molecular complexity index is 847. The maximum Gasteiger partial charge on any atom is 0.335 e. The lowest BCUT2D eigenvalue weighted by Crippen LogP contribution is -2.58. The van der Waals surface area contributed by atoms with Crippen LogP contribution >= 0.6 is 15.9 Å². The zero-order chi connectivity index (χ0) is 19.1. The summed E-state index contributed by atoms with van der Waals surface area (Å²) in [6, 6.07) is 2.31. The number of nitrogens with two attached hydrogens (primary N) is 2. The second-order valence-corrected chi connectivity index (χ2v) is 7.06. The molecule has 1 aliphatic carbocycles. The van der Waals surface area contributed by atoms with Crippen molar-refractivity contribution in [1.29, 1.82) is 0 Å². The molecular weight excluding hydrogens is 408 g/mol. The summed E-state index contributed by atoms with van der Waals surface area (Å²) in [4.78, 5) is 32.3. The Hall–Kier alpha value is -2.69. The lowest BCUT2D eigenvalue weighted by Gasteiger charge is -2.45. The van der Waals surface area contributed by atoms with Gasteiger partial charge in [0.2, 0.25) is 11.9 Å². The summed E-state index contributed by atoms with van der Waals surface area (Å²) in [7, 11) is 0. The van der Waals surface area contributed by atoms with E-state index in [2.05, 4.69) is 25.9 Å². The molecule has 1 spiro atoms. The molecule has 1 fully saturated rings. The fraction of sp³-hybridized carbons (Fsp3) is 0.400. The van der Waals surface area contributed by atoms with Gasteiger partial charge in [-0.2, -0.15) is 4.99 Å². The predicted octanol–water partition coefficient (Wildman–Crippen LogP) is 2.17. The van der Waals surface area contributed by atoms with E-state index in [-0.39, 0.29) is 27.6 Å². The highest BCUT2D eigenvalue weighted by Gasteiger charge is 2.45. The number of halogens is 1. The number of nitro groups is 1. The van der Waals surface area contributed by atoms with Gasteiger partial charge in [0.05, 0.1) is 10.5 Å². The quantitative estimate of drug-likeness (QED) is 0.494. The van der Waals surface area contributed by atoms with E-state index >= 15 is 0 Å². The molecule has 3 rings (SSSR count). The van der Waals surface area contributed by atoms with Crippen LogP contribution in [0.25, 0.3) is 0 Å². The average Bonchev–Trinajstić information content (AvgIpc) is 2.55. The first-order chi connectivity index (χ1) is 12.2. The van der Waals surface area contributed by atoms with E-state index in [1.165, 1.54) is 11.0 Å². The Morgan fingerprint density at radius 1 is 1.31 bits per heavy atom. The third-order valence-corrected chi connectivity index (χ3v) is 5.17. The smallest absolute Gasteiger partial charge is 0.335 e. The van der Waals surface area contributed by atoms with E-state index in [1.807, 2.05) is 0 Å². The number of carboxylic acid groups (broad SMARTS) is 1. The van der Waals surface area contributed by atoms with Crippen LogP contribution in [-0.2, 0) is 0 Å². The van der Waals surface area contributed by atoms with Crippen LogP contribution in [0.5, 0.6) is 0 Å². The first-order valence-corrected chi connectivity index (χ1v) is 8.75. The second kappa shape index (κ2) is 6.56. The molecule has 5 N–H and O–H groups in total. The monoisotopic (exact) mass is 424 g/mol. The van der Waals surface area contributed by atoms with Crippen LogP contribution in [0, 0.1) is 10.1 Å². The maximum atomic E-state index is 11.7. The van der Waals surface area contributed by atoms with Crippen LogP contribution in [-0.4, -0.2) is 33.6 Å². The van der Waals surface area contributed by atoms with E-state index in [0.29, 0.717) is 12.8 Å². The van der Waals surface area contributed by atoms with Gasteiger partial charge in [-0.15, -0.1) is 0 Å². The molecule has 11 heteroatoms. The van der Waals surface area contributed by atoms with Crippen molar-refractivity contribution in [3.05, 3.63) is 32.3 Å². The molecule has 0 aromatic heterocycles. The number of guanidine groups is 2. The number of aromatic carboxylic acids is 1. The van der Waals surface area contributed by atoms with E-state index in [1.54, 1.807) is 0 Å². The Balaban J connectivity index is 2.24. The summed E-state index contributed by atoms with van der Waals surface area (Å²) in [5, 5.41) is 20.9. The van der Waals surface area contributed by atoms with Crippen LogP contribution < -0.4 is 16.4 Å². The lowest BCUT2D eigenvalue weighted by molar-refractivity contribution is -0.384. The highest BCUT2D eigenvalue weighted by Crippen LogP contribution is 2.46. The van der Waals surface area contributed by atoms with E-state index in [9.17, 15) is 20.0 Å². The van der Waals surface area contributed by atoms with Crippen LogP contribution in [0.4, 0.5) is 11.4 Å². The number of benzene rings is 1. The molecule has 1 aromatic rings. The van der Waals surface area contributed by atoms with Crippen LogP contribution in [0.2, 0.25) is 0 Å². The highest BCUT2D eigenvalue weighted by atomic mass is 79.9. The summed E-state index contributed by atoms with van der Waals surface area (Å²) in [6.07, 6.45) is 3.95. The molecule has 1 heterocycles. The highest BCUT2D eigenvalue weighted by molar-refractivity contribution is 9.10. The zero-order valence-corrected chi connectivity index (χ0v) is 15.3. The summed E-state index contributed by atoms with van der Waals surface area (Å²) in [5.41, 5.74) is 10.6. The summed E-state index contributed by atoms with van der Waals surface area (Å²) >= 11 is 3.26. The minimum Gasteiger partial charge on any atom is -0.478 e. The van der Waals surface area contributed by atoms with Gasteiger partial charge in [-0.25, -0.2) is 9.79 Å². The number of hydrogen-bond donors (Lipinski definition) is 3. The normalized spacial score (nSPS) is 19.0. The minimum atomic E-state index is -1.27. The van der Waals surface area contributed by atoms with Gasteiger partial charge < -0.3 is 16.6 Å². The summed E-state index contributed by atoms with van der Waals surface area (Å²) in [5.74, 6) is -1.25. The molecule has 0 saturated heterocycles. The van der Waals surface area contributed by atoms with E-state index < -0.39 is 22.2 Å². The number of anilines is 1. The number of carboxylic acids is 1. The molecule has 138 valence electrons. The first kappa shape index (κ1) is 18.1. The van der Waals surface area contributed by atoms with Crippen molar-refractivity contribution in [3.63, 3.8) is 0 Å². The Labute approximate surface area is 156 Å². The molecule has 26 heavy (non-hydrogen) atoms. The molecule has 2 aliphatic rings. The van der Waals surface area contributed by atoms with Gasteiger partial charge in [-0.05, 0) is 47.7 Å². The summed E-state index contributed by atoms with van der Waals surface area (Å²) < 4.78 is 0.225. The second-order valence-electron chi connectivity index (χ2n) is 6.21. The predicted molar refractivity (Wildman–Crippen MR) is 99.3 cm³/mol. The Morgan fingerprint density at radius 2 is 1.96 bits per heavy atom. The van der Waals surface area contributed by atoms with Crippen molar-refractivity contribution in [2.75, 3.05) is 4.90 Å². The number of aliphatic imine (C=N–C) groups is 2. The van der Waals surface area contributed by atoms with Crippen molar-refractivity contribution < 1.29 is 14.8 Å². The standard InChI is InChI=1S/C15H17BrN6O4/c16-9-6-8(12(23)24)7-10(22(25)26)11(9)21-14(18)19-13(17)20-15(21)4-2-1-3-5-15/h6-7H,1-5H2,(H,23,24)(H4,17,18,19,20). The van der Waals surface area contributed by atoms with Gasteiger partial charge >= 0.3 is 5.97 Å². The van der Waals surface area contributed by atoms with Crippen LogP contribution in [0.3, 0.4) is 0 Å². The number of hydrogen-bond acceptors (Lipinski definition) is 8. The fourth-order valence-electron chi connectivity index (χ4n) is 3.51. The number of nitro benzene ring substituents is 1. The lowest BCUT2D eigenvalue weighted by atomic mass is 9.87. The molecule has 0 radical (unpaired) electrons. The largest absolute Gasteiger partial charge is 0.478 e. The van der Waals surface area contributed by atoms with Gasteiger partial charge in [-0.3, -0.25) is 15.0 Å². The molecule has 1 aliphatic heterocycles. The van der Waals surface area contributed by atoms with Crippen LogP contribution in [0.15, 0.2) is 26.6 Å². The van der Waals surface area contributed by atoms with Gasteiger partial charge in [0, 0.05) is 10.5 Å². The average molecular weight is 425 g/mol. The fourth-order valence-corrected chi connectivity index (χ4v) is 4.14. The van der Waals surface area contributed by atoms with E-state index in [4.69, 9.17) is 11.5 Å². The van der Waals surface area contributed by atoms with Crippen molar-refractivity contribution in [2.24, 2.45) is 21.5 Å². The zero-order valence-electron chi connectivity index (χ0n) is 13.7. The molecule has 1 saturated carbocycles. The Kier molecular flexibility index (Phi) is 4.57. The number of carbonyl (C=O) groups is 1. The molecule has 0 atom stereocenters. The van der Waals surface area contributed by atoms with Gasteiger partial charge in [0.15, 0.2) is 0 Å². The molecule has 1 aromatic carbocycles. The van der Waals surface area contributed by atoms with Crippen molar-refractivity contribution in [3.8, 4) is 0 Å². The third-order valence-electron chi connectivity index (χ3n) is 4.56. The van der Waals surface area contributed by atoms with Crippen molar-refractivity contribution in [2.45, 2.75) is 37.8 Å². The molecule has 0 bridgehead atoms. The summed E-state index contributed by atoms with van der Waals surface area (Å²) in [6.45, 7) is 0. The van der Waals surface area contributed by atoms with Crippen LogP contribution in [0.1, 0.15) is 42.5 Å². The minimum absolute atomic E-state index is 0.00808. The first-order valence-electron chi connectivity index (χ1n) is 7.96. The van der Waals surface area contributed by atoms with Crippen molar-refractivity contribution >= 4 is 45.2 Å². The third kappa shape index (κ3) is 2.98. The molecule has 10 nitrogen and oxygen atoms in total.